The zero-order chi connectivity index (χ0) is 22.2. The number of hydrogen-bond donors (Lipinski definition) is 1. The molecule has 1 aliphatic heterocycles. The first kappa shape index (κ1) is 23.0. The molecule has 2 aromatic carbocycles. The van der Waals surface area contributed by atoms with Crippen LogP contribution in [0.4, 0.5) is 8.78 Å². The predicted octanol–water partition coefficient (Wildman–Crippen LogP) is 3.36. The molecule has 0 saturated carbocycles. The molecule has 1 fully saturated rings. The van der Waals surface area contributed by atoms with Gasteiger partial charge in [0.1, 0.15) is 0 Å². The van der Waals surface area contributed by atoms with E-state index in [0.717, 1.165) is 44.8 Å². The van der Waals surface area contributed by atoms with E-state index in [1.807, 2.05) is 12.1 Å². The van der Waals surface area contributed by atoms with Gasteiger partial charge in [-0.25, -0.2) is 0 Å². The van der Waals surface area contributed by atoms with Crippen molar-refractivity contribution >= 4 is 5.91 Å². The van der Waals surface area contributed by atoms with E-state index in [0.29, 0.717) is 12.1 Å². The molecule has 1 aliphatic rings. The maximum atomic E-state index is 12.4. The first-order valence-corrected chi connectivity index (χ1v) is 10.4. The Kier molecular flexibility index (Phi) is 8.20. The summed E-state index contributed by atoms with van der Waals surface area (Å²) in [6.07, 6.45) is 0. The molecule has 31 heavy (non-hydrogen) atoms. The monoisotopic (exact) mass is 433 g/mol. The van der Waals surface area contributed by atoms with Gasteiger partial charge in [0.2, 0.25) is 0 Å². The van der Waals surface area contributed by atoms with Crippen molar-refractivity contribution < 1.29 is 23.0 Å². The molecular weight excluding hydrogens is 404 g/mol. The summed E-state index contributed by atoms with van der Waals surface area (Å²) >= 11 is 0. The van der Waals surface area contributed by atoms with Gasteiger partial charge in [-0.1, -0.05) is 31.2 Å². The van der Waals surface area contributed by atoms with Crippen LogP contribution in [-0.2, 0) is 13.1 Å². The lowest BCUT2D eigenvalue weighted by molar-refractivity contribution is -0.0512. The number of benzene rings is 2. The smallest absolute Gasteiger partial charge is 0.387 e. The lowest BCUT2D eigenvalue weighted by Crippen LogP contribution is -2.45. The Balaban J connectivity index is 1.51. The Hall–Kier alpha value is -2.71. The van der Waals surface area contributed by atoms with Gasteiger partial charge in [-0.05, 0) is 35.9 Å². The second-order valence-electron chi connectivity index (χ2n) is 7.45. The van der Waals surface area contributed by atoms with Crippen LogP contribution < -0.4 is 14.8 Å². The van der Waals surface area contributed by atoms with Crippen LogP contribution in [-0.4, -0.2) is 62.2 Å². The van der Waals surface area contributed by atoms with Crippen LogP contribution in [0.2, 0.25) is 0 Å². The number of nitrogens with one attached hydrogen (secondary N) is 1. The number of methoxy groups -OCH3 is 1. The minimum Gasteiger partial charge on any atom is -0.493 e. The van der Waals surface area contributed by atoms with E-state index in [-0.39, 0.29) is 17.4 Å². The molecule has 0 aromatic heterocycles. The number of carbonyl (C=O) groups excluding carboxylic acids is 1. The molecule has 0 aliphatic carbocycles. The van der Waals surface area contributed by atoms with Gasteiger partial charge in [0.05, 0.1) is 7.11 Å². The number of alkyl halides is 2. The average Bonchev–Trinajstić information content (AvgIpc) is 2.79. The highest BCUT2D eigenvalue weighted by Gasteiger charge is 2.16. The summed E-state index contributed by atoms with van der Waals surface area (Å²) in [5, 5.41) is 2.84. The lowest BCUT2D eigenvalue weighted by Gasteiger charge is -2.34. The van der Waals surface area contributed by atoms with Crippen molar-refractivity contribution in [3.8, 4) is 11.5 Å². The van der Waals surface area contributed by atoms with Crippen molar-refractivity contribution in [2.45, 2.75) is 26.6 Å². The number of hydrogen-bond acceptors (Lipinski definition) is 5. The first-order chi connectivity index (χ1) is 15.0. The van der Waals surface area contributed by atoms with Gasteiger partial charge in [0.15, 0.2) is 11.5 Å². The van der Waals surface area contributed by atoms with E-state index >= 15 is 0 Å². The minimum atomic E-state index is -2.96. The Morgan fingerprint density at radius 1 is 1.00 bits per heavy atom. The van der Waals surface area contributed by atoms with E-state index in [1.165, 1.54) is 30.9 Å². The summed E-state index contributed by atoms with van der Waals surface area (Å²) in [5.74, 6) is -0.349. The fourth-order valence-corrected chi connectivity index (χ4v) is 3.57. The third kappa shape index (κ3) is 6.63. The number of nitrogens with zero attached hydrogens (tertiary/aromatic N) is 2. The van der Waals surface area contributed by atoms with Crippen molar-refractivity contribution in [1.82, 2.24) is 15.1 Å². The quantitative estimate of drug-likeness (QED) is 0.657. The highest BCUT2D eigenvalue weighted by molar-refractivity contribution is 5.94. The summed E-state index contributed by atoms with van der Waals surface area (Å²) < 4.78 is 34.3. The standard InChI is InChI=1S/C23H29F2N3O3/c1-3-27-10-12-28(13-11-27)16-18-6-4-17(5-7-18)15-26-22(29)19-8-9-20(31-23(24)25)21(14-19)30-2/h4-9,14,23H,3,10-13,15-16H2,1-2H3,(H,26,29). The molecular formula is C23H29F2N3O3. The van der Waals surface area contributed by atoms with Gasteiger partial charge in [0.25, 0.3) is 5.91 Å². The van der Waals surface area contributed by atoms with Gasteiger partial charge >= 0.3 is 6.61 Å². The molecule has 0 atom stereocenters. The number of rotatable bonds is 9. The van der Waals surface area contributed by atoms with Crippen LogP contribution in [0.3, 0.4) is 0 Å². The van der Waals surface area contributed by atoms with Crippen LogP contribution in [0.1, 0.15) is 28.4 Å². The van der Waals surface area contributed by atoms with Gasteiger partial charge in [-0.15, -0.1) is 0 Å². The fraction of sp³-hybridized carbons (Fsp3) is 0.435. The zero-order valence-corrected chi connectivity index (χ0v) is 17.9. The molecule has 0 radical (unpaired) electrons. The third-order valence-corrected chi connectivity index (χ3v) is 5.44. The Morgan fingerprint density at radius 3 is 2.26 bits per heavy atom. The van der Waals surface area contributed by atoms with Crippen molar-refractivity contribution in [3.05, 3.63) is 59.2 Å². The van der Waals surface area contributed by atoms with E-state index in [4.69, 9.17) is 4.74 Å². The summed E-state index contributed by atoms with van der Waals surface area (Å²) in [4.78, 5) is 17.3. The molecule has 0 unspecified atom stereocenters. The SMILES string of the molecule is CCN1CCN(Cc2ccc(CNC(=O)c3ccc(OC(F)F)c(OC)c3)cc2)CC1. The maximum Gasteiger partial charge on any atom is 0.387 e. The predicted molar refractivity (Wildman–Crippen MR) is 115 cm³/mol. The normalized spacial score (nSPS) is 15.1. The summed E-state index contributed by atoms with van der Waals surface area (Å²) in [5.41, 5.74) is 2.54. The zero-order valence-electron chi connectivity index (χ0n) is 17.9. The fourth-order valence-electron chi connectivity index (χ4n) is 3.57. The third-order valence-electron chi connectivity index (χ3n) is 5.44. The maximum absolute atomic E-state index is 12.4. The topological polar surface area (TPSA) is 54.0 Å². The van der Waals surface area contributed by atoms with Gasteiger partial charge < -0.3 is 19.7 Å². The molecule has 2 aromatic rings. The van der Waals surface area contributed by atoms with Crippen molar-refractivity contribution in [1.29, 1.82) is 0 Å². The molecule has 8 heteroatoms. The first-order valence-electron chi connectivity index (χ1n) is 10.4. The van der Waals surface area contributed by atoms with Crippen molar-refractivity contribution in [2.24, 2.45) is 0 Å². The number of carbonyl (C=O) groups is 1. The van der Waals surface area contributed by atoms with Crippen molar-refractivity contribution in [2.75, 3.05) is 39.8 Å². The Labute approximate surface area is 181 Å². The highest BCUT2D eigenvalue weighted by Crippen LogP contribution is 2.29. The van der Waals surface area contributed by atoms with Crippen LogP contribution in [0.5, 0.6) is 11.5 Å². The summed E-state index contributed by atoms with van der Waals surface area (Å²) in [6, 6.07) is 12.3. The number of amides is 1. The van der Waals surface area contributed by atoms with E-state index in [2.05, 4.69) is 38.9 Å². The second kappa shape index (κ2) is 11.1. The molecule has 1 amide bonds. The van der Waals surface area contributed by atoms with Gasteiger partial charge in [0, 0.05) is 44.8 Å². The van der Waals surface area contributed by atoms with E-state index < -0.39 is 6.61 Å². The van der Waals surface area contributed by atoms with Crippen molar-refractivity contribution in [3.63, 3.8) is 0 Å². The lowest BCUT2D eigenvalue weighted by atomic mass is 10.1. The molecule has 168 valence electrons. The largest absolute Gasteiger partial charge is 0.493 e. The number of ether oxygens (including phenoxy) is 2. The van der Waals surface area contributed by atoms with Gasteiger partial charge in [-0.2, -0.15) is 8.78 Å². The highest BCUT2D eigenvalue weighted by atomic mass is 19.3. The average molecular weight is 433 g/mol. The molecule has 0 bridgehead atoms. The second-order valence-corrected chi connectivity index (χ2v) is 7.45. The molecule has 3 rings (SSSR count). The molecule has 1 saturated heterocycles. The molecule has 1 heterocycles. The molecule has 6 nitrogen and oxygen atoms in total. The Morgan fingerprint density at radius 2 is 1.65 bits per heavy atom. The molecule has 0 spiro atoms. The number of piperazine rings is 1. The van der Waals surface area contributed by atoms with E-state index in [1.54, 1.807) is 0 Å². The van der Waals surface area contributed by atoms with Crippen LogP contribution in [0.15, 0.2) is 42.5 Å². The summed E-state index contributed by atoms with van der Waals surface area (Å²) in [6.45, 7) is 6.02. The number of halogens is 2. The van der Waals surface area contributed by atoms with Crippen LogP contribution in [0, 0.1) is 0 Å². The number of likely N-dealkylation sites (N-methyl/N-ethyl adjacent to an activating group) is 1. The van der Waals surface area contributed by atoms with Crippen LogP contribution in [0.25, 0.3) is 0 Å². The molecule has 1 N–H and O–H groups in total. The minimum absolute atomic E-state index is 0.0806. The Bertz CT molecular complexity index is 854. The summed E-state index contributed by atoms with van der Waals surface area (Å²) in [7, 11) is 1.33. The van der Waals surface area contributed by atoms with Gasteiger partial charge in [-0.3, -0.25) is 9.69 Å². The van der Waals surface area contributed by atoms with E-state index in [9.17, 15) is 13.6 Å². The van der Waals surface area contributed by atoms with Crippen LogP contribution >= 0.6 is 0 Å².